The summed E-state index contributed by atoms with van der Waals surface area (Å²) in [5.41, 5.74) is 2.34. The zero-order valence-electron chi connectivity index (χ0n) is 19.3. The highest BCUT2D eigenvalue weighted by molar-refractivity contribution is 7.09. The Morgan fingerprint density at radius 3 is 2.53 bits per heavy atom. The second kappa shape index (κ2) is 10.8. The Morgan fingerprint density at radius 2 is 1.94 bits per heavy atom. The van der Waals surface area contributed by atoms with Gasteiger partial charge in [-0.3, -0.25) is 9.59 Å². The summed E-state index contributed by atoms with van der Waals surface area (Å²) in [5.74, 6) is 0.138. The van der Waals surface area contributed by atoms with Gasteiger partial charge in [0.15, 0.2) is 0 Å². The number of nitrogens with zero attached hydrogens (tertiary/aromatic N) is 2. The van der Waals surface area contributed by atoms with Gasteiger partial charge in [0.2, 0.25) is 0 Å². The third-order valence-electron chi connectivity index (χ3n) is 5.76. The standard InChI is InChI=1S/C25H33N3O3S/c1-5-19(6-2)28-22-10-9-17(25(31)26-18(12-16(3)4)14-24(29)30)13-21(22)27-23(28)15-20-8-7-11-32-20/h7-11,13,16,18-19H,5-6,12,14-15H2,1-4H3,(H,26,31)(H,29,30)/t18-/m0/s1. The van der Waals surface area contributed by atoms with Gasteiger partial charge in [0.05, 0.1) is 17.5 Å². The minimum atomic E-state index is -0.909. The van der Waals surface area contributed by atoms with Crippen LogP contribution in [0, 0.1) is 5.92 Å². The van der Waals surface area contributed by atoms with Gasteiger partial charge < -0.3 is 15.0 Å². The highest BCUT2D eigenvalue weighted by atomic mass is 32.1. The van der Waals surface area contributed by atoms with Crippen LogP contribution in [0.4, 0.5) is 0 Å². The zero-order valence-corrected chi connectivity index (χ0v) is 20.1. The van der Waals surface area contributed by atoms with E-state index in [2.05, 4.69) is 41.2 Å². The number of carbonyl (C=O) groups excluding carboxylic acids is 1. The molecule has 0 bridgehead atoms. The van der Waals surface area contributed by atoms with Gasteiger partial charge in [-0.1, -0.05) is 33.8 Å². The molecular formula is C25H33N3O3S. The first kappa shape index (κ1) is 24.0. The molecule has 1 amide bonds. The lowest BCUT2D eigenvalue weighted by Gasteiger charge is -2.19. The molecule has 3 rings (SSSR count). The van der Waals surface area contributed by atoms with Gasteiger partial charge in [-0.05, 0) is 54.8 Å². The molecule has 1 aromatic carbocycles. The summed E-state index contributed by atoms with van der Waals surface area (Å²) in [6.07, 6.45) is 3.32. The largest absolute Gasteiger partial charge is 0.481 e. The monoisotopic (exact) mass is 455 g/mol. The molecule has 0 saturated heterocycles. The van der Waals surface area contributed by atoms with Crippen molar-refractivity contribution in [2.45, 2.75) is 71.9 Å². The van der Waals surface area contributed by atoms with Crippen LogP contribution in [0.25, 0.3) is 11.0 Å². The lowest BCUT2D eigenvalue weighted by Crippen LogP contribution is -2.37. The topological polar surface area (TPSA) is 84.2 Å². The van der Waals surface area contributed by atoms with Crippen molar-refractivity contribution in [2.24, 2.45) is 5.92 Å². The number of nitrogens with one attached hydrogen (secondary N) is 1. The quantitative estimate of drug-likeness (QED) is 0.390. The first-order valence-corrected chi connectivity index (χ1v) is 12.3. The Morgan fingerprint density at radius 1 is 1.19 bits per heavy atom. The number of thiophene rings is 1. The van der Waals surface area contributed by atoms with E-state index in [1.165, 1.54) is 4.88 Å². The highest BCUT2D eigenvalue weighted by Crippen LogP contribution is 2.28. The first-order chi connectivity index (χ1) is 15.3. The third-order valence-corrected chi connectivity index (χ3v) is 6.63. The summed E-state index contributed by atoms with van der Waals surface area (Å²) < 4.78 is 2.32. The lowest BCUT2D eigenvalue weighted by molar-refractivity contribution is -0.137. The van der Waals surface area contributed by atoms with Crippen LogP contribution in [0.2, 0.25) is 0 Å². The average molecular weight is 456 g/mol. The number of rotatable bonds is 11. The molecule has 0 unspecified atom stereocenters. The van der Waals surface area contributed by atoms with E-state index in [0.29, 0.717) is 18.0 Å². The van der Waals surface area contributed by atoms with Gasteiger partial charge in [0.1, 0.15) is 5.82 Å². The SMILES string of the molecule is CCC(CC)n1c(Cc2cccs2)nc2cc(C(=O)N[C@H](CC(=O)O)CC(C)C)ccc21. The number of aromatic nitrogens is 2. The molecule has 172 valence electrons. The van der Waals surface area contributed by atoms with Crippen molar-refractivity contribution in [3.05, 3.63) is 52.0 Å². The van der Waals surface area contributed by atoms with Crippen LogP contribution in [-0.4, -0.2) is 32.6 Å². The van der Waals surface area contributed by atoms with Crippen molar-refractivity contribution in [1.82, 2.24) is 14.9 Å². The van der Waals surface area contributed by atoms with Crippen LogP contribution in [-0.2, 0) is 11.2 Å². The summed E-state index contributed by atoms with van der Waals surface area (Å²) in [6.45, 7) is 8.42. The number of amides is 1. The van der Waals surface area contributed by atoms with Gasteiger partial charge in [-0.2, -0.15) is 0 Å². The molecular weight excluding hydrogens is 422 g/mol. The van der Waals surface area contributed by atoms with Crippen LogP contribution in [0.3, 0.4) is 0 Å². The maximum Gasteiger partial charge on any atom is 0.305 e. The van der Waals surface area contributed by atoms with Crippen molar-refractivity contribution in [1.29, 1.82) is 0 Å². The Kier molecular flexibility index (Phi) is 8.07. The Balaban J connectivity index is 1.93. The van der Waals surface area contributed by atoms with Crippen molar-refractivity contribution in [3.8, 4) is 0 Å². The third kappa shape index (κ3) is 5.76. The maximum atomic E-state index is 12.9. The summed E-state index contributed by atoms with van der Waals surface area (Å²) >= 11 is 1.72. The fourth-order valence-electron chi connectivity index (χ4n) is 4.29. The van der Waals surface area contributed by atoms with Gasteiger partial charge in [-0.25, -0.2) is 4.98 Å². The molecule has 2 heterocycles. The predicted molar refractivity (Wildman–Crippen MR) is 129 cm³/mol. The second-order valence-corrected chi connectivity index (χ2v) is 9.76. The molecule has 0 aliphatic carbocycles. The van der Waals surface area contributed by atoms with Crippen LogP contribution < -0.4 is 5.32 Å². The van der Waals surface area contributed by atoms with Gasteiger partial charge in [0.25, 0.3) is 5.91 Å². The number of hydrogen-bond donors (Lipinski definition) is 2. The maximum absolute atomic E-state index is 12.9. The predicted octanol–water partition coefficient (Wildman–Crippen LogP) is 5.67. The highest BCUT2D eigenvalue weighted by Gasteiger charge is 2.21. The summed E-state index contributed by atoms with van der Waals surface area (Å²) in [5, 5.41) is 14.2. The van der Waals surface area contributed by atoms with Crippen molar-refractivity contribution in [2.75, 3.05) is 0 Å². The molecule has 0 fully saturated rings. The number of carbonyl (C=O) groups is 2. The van der Waals surface area contributed by atoms with Gasteiger partial charge in [-0.15, -0.1) is 11.3 Å². The number of imidazole rings is 1. The number of aliphatic carboxylic acids is 1. The van der Waals surface area contributed by atoms with E-state index in [1.54, 1.807) is 11.3 Å². The molecule has 7 heteroatoms. The number of carboxylic acids is 1. The molecule has 0 aliphatic rings. The summed E-state index contributed by atoms with van der Waals surface area (Å²) in [7, 11) is 0. The molecule has 2 N–H and O–H groups in total. The van der Waals surface area contributed by atoms with E-state index in [9.17, 15) is 14.7 Å². The minimum Gasteiger partial charge on any atom is -0.481 e. The van der Waals surface area contributed by atoms with E-state index in [0.717, 1.165) is 36.1 Å². The Labute approximate surface area is 193 Å². The molecule has 0 saturated carbocycles. The fourth-order valence-corrected chi connectivity index (χ4v) is 4.99. The summed E-state index contributed by atoms with van der Waals surface area (Å²) in [4.78, 5) is 30.3. The molecule has 0 aliphatic heterocycles. The Bertz CT molecular complexity index is 1050. The van der Waals surface area contributed by atoms with E-state index in [-0.39, 0.29) is 18.2 Å². The molecule has 0 radical (unpaired) electrons. The van der Waals surface area contributed by atoms with E-state index in [4.69, 9.17) is 4.98 Å². The number of carboxylic acid groups (broad SMARTS) is 1. The zero-order chi connectivity index (χ0) is 23.3. The van der Waals surface area contributed by atoms with Gasteiger partial charge in [0, 0.05) is 28.9 Å². The molecule has 2 aromatic heterocycles. The normalized spacial score (nSPS) is 12.6. The fraction of sp³-hybridized carbons (Fsp3) is 0.480. The number of hydrogen-bond acceptors (Lipinski definition) is 4. The van der Waals surface area contributed by atoms with Crippen molar-refractivity contribution < 1.29 is 14.7 Å². The minimum absolute atomic E-state index is 0.0829. The molecule has 1 atom stereocenters. The molecule has 3 aromatic rings. The Hall–Kier alpha value is -2.67. The number of benzene rings is 1. The second-order valence-electron chi connectivity index (χ2n) is 8.73. The van der Waals surface area contributed by atoms with Crippen molar-refractivity contribution in [3.63, 3.8) is 0 Å². The smallest absolute Gasteiger partial charge is 0.305 e. The van der Waals surface area contributed by atoms with E-state index < -0.39 is 12.0 Å². The van der Waals surface area contributed by atoms with Crippen LogP contribution in [0.15, 0.2) is 35.7 Å². The molecule has 32 heavy (non-hydrogen) atoms. The van der Waals surface area contributed by atoms with E-state index in [1.807, 2.05) is 32.0 Å². The first-order valence-electron chi connectivity index (χ1n) is 11.4. The summed E-state index contributed by atoms with van der Waals surface area (Å²) in [6, 6.07) is 9.75. The van der Waals surface area contributed by atoms with E-state index >= 15 is 0 Å². The number of fused-ring (bicyclic) bond motifs is 1. The van der Waals surface area contributed by atoms with Crippen LogP contribution >= 0.6 is 11.3 Å². The average Bonchev–Trinajstić information content (AvgIpc) is 3.36. The van der Waals surface area contributed by atoms with Crippen LogP contribution in [0.5, 0.6) is 0 Å². The lowest BCUT2D eigenvalue weighted by atomic mass is 10.0. The van der Waals surface area contributed by atoms with Crippen LogP contribution in [0.1, 0.15) is 80.5 Å². The van der Waals surface area contributed by atoms with Gasteiger partial charge >= 0.3 is 5.97 Å². The molecule has 0 spiro atoms. The van der Waals surface area contributed by atoms with Crippen molar-refractivity contribution >= 4 is 34.2 Å². The molecule has 6 nitrogen and oxygen atoms in total.